The predicted molar refractivity (Wildman–Crippen MR) is 83.7 cm³/mol. The molecule has 0 heterocycles. The summed E-state index contributed by atoms with van der Waals surface area (Å²) in [5.41, 5.74) is 6.37. The van der Waals surface area contributed by atoms with E-state index in [-0.39, 0.29) is 0 Å². The summed E-state index contributed by atoms with van der Waals surface area (Å²) in [4.78, 5) is 0. The SMILES string of the molecule is Nc1ccc(Br)c(OCCOc2ccc(Br)cc2)c1. The van der Waals surface area contributed by atoms with Gasteiger partial charge in [0.05, 0.1) is 4.47 Å². The van der Waals surface area contributed by atoms with Gasteiger partial charge in [0.25, 0.3) is 0 Å². The summed E-state index contributed by atoms with van der Waals surface area (Å²) in [6.07, 6.45) is 0. The van der Waals surface area contributed by atoms with E-state index in [1.54, 1.807) is 6.07 Å². The Morgan fingerprint density at radius 1 is 0.895 bits per heavy atom. The Morgan fingerprint density at radius 3 is 2.32 bits per heavy atom. The minimum Gasteiger partial charge on any atom is -0.490 e. The Bertz CT molecular complexity index is 544. The summed E-state index contributed by atoms with van der Waals surface area (Å²) in [5.74, 6) is 1.54. The van der Waals surface area contributed by atoms with Crippen molar-refractivity contribution in [1.82, 2.24) is 0 Å². The summed E-state index contributed by atoms with van der Waals surface area (Å²) < 4.78 is 13.1. The Balaban J connectivity index is 1.80. The normalized spacial score (nSPS) is 10.2. The molecule has 0 unspecified atom stereocenters. The van der Waals surface area contributed by atoms with Crippen LogP contribution >= 0.6 is 31.9 Å². The summed E-state index contributed by atoms with van der Waals surface area (Å²) in [6, 6.07) is 13.1. The van der Waals surface area contributed by atoms with Crippen molar-refractivity contribution in [2.45, 2.75) is 0 Å². The summed E-state index contributed by atoms with van der Waals surface area (Å²) in [5, 5.41) is 0. The van der Waals surface area contributed by atoms with Gasteiger partial charge >= 0.3 is 0 Å². The van der Waals surface area contributed by atoms with Crippen LogP contribution in [0.25, 0.3) is 0 Å². The highest BCUT2D eigenvalue weighted by Crippen LogP contribution is 2.26. The van der Waals surface area contributed by atoms with Crippen LogP contribution in [0.2, 0.25) is 0 Å². The first-order valence-corrected chi connectivity index (χ1v) is 7.30. The van der Waals surface area contributed by atoms with Crippen molar-refractivity contribution in [2.75, 3.05) is 18.9 Å². The minimum absolute atomic E-state index is 0.456. The van der Waals surface area contributed by atoms with E-state index in [1.165, 1.54) is 0 Å². The van der Waals surface area contributed by atoms with Crippen LogP contribution < -0.4 is 15.2 Å². The smallest absolute Gasteiger partial charge is 0.135 e. The molecule has 19 heavy (non-hydrogen) atoms. The second-order valence-electron chi connectivity index (χ2n) is 3.84. The zero-order chi connectivity index (χ0) is 13.7. The van der Waals surface area contributed by atoms with Crippen LogP contribution in [0.5, 0.6) is 11.5 Å². The highest BCUT2D eigenvalue weighted by atomic mass is 79.9. The number of halogens is 2. The molecular formula is C14H13Br2NO2. The van der Waals surface area contributed by atoms with Gasteiger partial charge in [-0.25, -0.2) is 0 Å². The maximum atomic E-state index is 5.70. The molecule has 2 aromatic rings. The number of nitrogens with two attached hydrogens (primary N) is 1. The summed E-state index contributed by atoms with van der Waals surface area (Å²) in [7, 11) is 0. The summed E-state index contributed by atoms with van der Waals surface area (Å²) >= 11 is 6.78. The van der Waals surface area contributed by atoms with Crippen molar-refractivity contribution in [3.05, 3.63) is 51.4 Å². The molecule has 0 spiro atoms. The molecule has 3 nitrogen and oxygen atoms in total. The number of ether oxygens (including phenoxy) is 2. The molecule has 0 saturated carbocycles. The molecule has 2 rings (SSSR count). The molecule has 2 aromatic carbocycles. The third kappa shape index (κ3) is 4.44. The Morgan fingerprint density at radius 2 is 1.58 bits per heavy atom. The topological polar surface area (TPSA) is 44.5 Å². The first kappa shape index (κ1) is 14.2. The Labute approximate surface area is 129 Å². The van der Waals surface area contributed by atoms with Crippen LogP contribution in [0.3, 0.4) is 0 Å². The molecular weight excluding hydrogens is 374 g/mol. The van der Waals surface area contributed by atoms with Crippen molar-refractivity contribution in [2.24, 2.45) is 0 Å². The highest BCUT2D eigenvalue weighted by Gasteiger charge is 2.01. The monoisotopic (exact) mass is 385 g/mol. The molecule has 5 heteroatoms. The zero-order valence-electron chi connectivity index (χ0n) is 10.1. The van der Waals surface area contributed by atoms with Gasteiger partial charge < -0.3 is 15.2 Å². The lowest BCUT2D eigenvalue weighted by atomic mass is 10.3. The average Bonchev–Trinajstić information content (AvgIpc) is 2.40. The van der Waals surface area contributed by atoms with Crippen LogP contribution in [0, 0.1) is 0 Å². The van der Waals surface area contributed by atoms with E-state index in [2.05, 4.69) is 31.9 Å². The molecule has 2 N–H and O–H groups in total. The number of anilines is 1. The zero-order valence-corrected chi connectivity index (χ0v) is 13.3. The van der Waals surface area contributed by atoms with Crippen LogP contribution in [-0.4, -0.2) is 13.2 Å². The van der Waals surface area contributed by atoms with Crippen molar-refractivity contribution in [3.8, 4) is 11.5 Å². The van der Waals surface area contributed by atoms with E-state index in [9.17, 15) is 0 Å². The largest absolute Gasteiger partial charge is 0.490 e. The van der Waals surface area contributed by atoms with Crippen LogP contribution in [0.15, 0.2) is 51.4 Å². The lowest BCUT2D eigenvalue weighted by Gasteiger charge is -2.10. The second-order valence-corrected chi connectivity index (χ2v) is 5.61. The van der Waals surface area contributed by atoms with Gasteiger partial charge in [0.15, 0.2) is 0 Å². The first-order chi connectivity index (χ1) is 9.15. The van der Waals surface area contributed by atoms with Crippen LogP contribution in [0.1, 0.15) is 0 Å². The fourth-order valence-electron chi connectivity index (χ4n) is 1.47. The average molecular weight is 387 g/mol. The van der Waals surface area contributed by atoms with Gasteiger partial charge in [-0.1, -0.05) is 15.9 Å². The van der Waals surface area contributed by atoms with E-state index in [0.717, 1.165) is 20.4 Å². The number of rotatable bonds is 5. The Hall–Kier alpha value is -1.20. The second kappa shape index (κ2) is 6.82. The van der Waals surface area contributed by atoms with E-state index >= 15 is 0 Å². The maximum absolute atomic E-state index is 5.70. The molecule has 0 aliphatic carbocycles. The molecule has 0 saturated heterocycles. The molecule has 0 amide bonds. The fourth-order valence-corrected chi connectivity index (χ4v) is 2.10. The quantitative estimate of drug-likeness (QED) is 0.617. The Kier molecular flexibility index (Phi) is 5.10. The van der Waals surface area contributed by atoms with Gasteiger partial charge in [0.1, 0.15) is 24.7 Å². The number of benzene rings is 2. The highest BCUT2D eigenvalue weighted by molar-refractivity contribution is 9.10. The van der Waals surface area contributed by atoms with Crippen LogP contribution in [0.4, 0.5) is 5.69 Å². The van der Waals surface area contributed by atoms with Crippen molar-refractivity contribution in [1.29, 1.82) is 0 Å². The lowest BCUT2D eigenvalue weighted by Crippen LogP contribution is -2.09. The van der Waals surface area contributed by atoms with E-state index < -0.39 is 0 Å². The van der Waals surface area contributed by atoms with E-state index in [4.69, 9.17) is 15.2 Å². The molecule has 0 aliphatic heterocycles. The number of nitrogen functional groups attached to an aromatic ring is 1. The number of hydrogen-bond acceptors (Lipinski definition) is 3. The third-order valence-corrected chi connectivity index (χ3v) is 3.56. The van der Waals surface area contributed by atoms with Gasteiger partial charge in [-0.15, -0.1) is 0 Å². The molecule has 0 aromatic heterocycles. The summed E-state index contributed by atoms with van der Waals surface area (Å²) in [6.45, 7) is 0.932. The molecule has 100 valence electrons. The molecule has 0 fully saturated rings. The third-order valence-electron chi connectivity index (χ3n) is 2.38. The van der Waals surface area contributed by atoms with Crippen molar-refractivity contribution >= 4 is 37.5 Å². The van der Waals surface area contributed by atoms with Gasteiger partial charge in [-0.05, 0) is 52.3 Å². The van der Waals surface area contributed by atoms with E-state index in [1.807, 2.05) is 36.4 Å². The van der Waals surface area contributed by atoms with Gasteiger partial charge in [0.2, 0.25) is 0 Å². The molecule has 0 aliphatic rings. The first-order valence-electron chi connectivity index (χ1n) is 5.71. The van der Waals surface area contributed by atoms with Crippen molar-refractivity contribution in [3.63, 3.8) is 0 Å². The molecule has 0 radical (unpaired) electrons. The maximum Gasteiger partial charge on any atom is 0.135 e. The van der Waals surface area contributed by atoms with Crippen LogP contribution in [-0.2, 0) is 0 Å². The van der Waals surface area contributed by atoms with Gasteiger partial charge in [0, 0.05) is 16.2 Å². The number of hydrogen-bond donors (Lipinski definition) is 1. The van der Waals surface area contributed by atoms with Gasteiger partial charge in [-0.3, -0.25) is 0 Å². The van der Waals surface area contributed by atoms with Gasteiger partial charge in [-0.2, -0.15) is 0 Å². The molecule has 0 bridgehead atoms. The minimum atomic E-state index is 0.456. The standard InChI is InChI=1S/C14H13Br2NO2/c15-10-1-4-12(5-2-10)18-7-8-19-14-9-11(17)3-6-13(14)16/h1-6,9H,7-8,17H2. The van der Waals surface area contributed by atoms with E-state index in [0.29, 0.717) is 18.9 Å². The lowest BCUT2D eigenvalue weighted by molar-refractivity contribution is 0.216. The molecule has 0 atom stereocenters. The fraction of sp³-hybridized carbons (Fsp3) is 0.143. The van der Waals surface area contributed by atoms with Crippen molar-refractivity contribution < 1.29 is 9.47 Å². The predicted octanol–water partition coefficient (Wildman–Crippen LogP) is 4.25.